The van der Waals surface area contributed by atoms with Crippen LogP contribution in [-0.4, -0.2) is 23.0 Å². The third kappa shape index (κ3) is 4.09. The van der Waals surface area contributed by atoms with Crippen molar-refractivity contribution in [1.82, 2.24) is 5.32 Å². The van der Waals surface area contributed by atoms with Crippen LogP contribution in [-0.2, 0) is 4.79 Å². The fraction of sp³-hybridized carbons (Fsp3) is 0.125. The van der Waals surface area contributed by atoms with Gasteiger partial charge in [0.1, 0.15) is 0 Å². The molecule has 0 aliphatic carbocycles. The minimum absolute atomic E-state index is 0.388. The van der Waals surface area contributed by atoms with E-state index < -0.39 is 24.0 Å². The van der Waals surface area contributed by atoms with Gasteiger partial charge in [-0.15, -0.1) is 0 Å². The summed E-state index contributed by atoms with van der Waals surface area (Å²) in [5.74, 6) is -1.76. The lowest BCUT2D eigenvalue weighted by Crippen LogP contribution is -2.39. The Morgan fingerprint density at radius 3 is 2.13 bits per heavy atom. The molecule has 0 fully saturated rings. The van der Waals surface area contributed by atoms with Gasteiger partial charge < -0.3 is 10.4 Å². The SMILES string of the molecule is [N-]=[N+]=N[C@@H](C(=O)O)[C@@H](NC(=O)c1ccccc1)c1ccccc1. The standard InChI is InChI=1S/C16H14N4O3/c17-20-19-14(16(22)23)13(11-7-3-1-4-8-11)18-15(21)12-9-5-2-6-10-12/h1-10,13-14H,(H,18,21)(H,22,23)/t13-,14+/m0/s1. The van der Waals surface area contributed by atoms with Crippen LogP contribution in [0.3, 0.4) is 0 Å². The molecule has 0 radical (unpaired) electrons. The quantitative estimate of drug-likeness (QED) is 0.485. The molecule has 0 saturated carbocycles. The number of nitrogens with zero attached hydrogens (tertiary/aromatic N) is 3. The number of carbonyl (C=O) groups excluding carboxylic acids is 1. The molecule has 23 heavy (non-hydrogen) atoms. The zero-order valence-electron chi connectivity index (χ0n) is 12.0. The summed E-state index contributed by atoms with van der Waals surface area (Å²) in [6, 6.07) is 14.5. The number of aliphatic carboxylic acids is 1. The first kappa shape index (κ1) is 16.1. The van der Waals surface area contributed by atoms with Crippen LogP contribution < -0.4 is 5.32 Å². The lowest BCUT2D eigenvalue weighted by molar-refractivity contribution is -0.139. The van der Waals surface area contributed by atoms with Crippen molar-refractivity contribution < 1.29 is 14.7 Å². The monoisotopic (exact) mass is 310 g/mol. The van der Waals surface area contributed by atoms with Gasteiger partial charge in [-0.05, 0) is 23.2 Å². The highest BCUT2D eigenvalue weighted by Gasteiger charge is 2.30. The third-order valence-corrected chi connectivity index (χ3v) is 3.23. The predicted octanol–water partition coefficient (Wildman–Crippen LogP) is 2.92. The van der Waals surface area contributed by atoms with Crippen molar-refractivity contribution in [3.05, 3.63) is 82.2 Å². The number of carbonyl (C=O) groups is 2. The molecule has 2 atom stereocenters. The fourth-order valence-corrected chi connectivity index (χ4v) is 2.13. The lowest BCUT2D eigenvalue weighted by atomic mass is 9.99. The molecule has 116 valence electrons. The zero-order valence-corrected chi connectivity index (χ0v) is 12.0. The van der Waals surface area contributed by atoms with Gasteiger partial charge in [0.25, 0.3) is 5.91 Å². The van der Waals surface area contributed by atoms with Crippen LogP contribution in [0, 0.1) is 0 Å². The first-order valence-corrected chi connectivity index (χ1v) is 6.81. The predicted molar refractivity (Wildman–Crippen MR) is 83.7 cm³/mol. The smallest absolute Gasteiger partial charge is 0.314 e. The lowest BCUT2D eigenvalue weighted by Gasteiger charge is -2.22. The van der Waals surface area contributed by atoms with E-state index in [-0.39, 0.29) is 0 Å². The number of azide groups is 1. The molecule has 2 N–H and O–H groups in total. The van der Waals surface area contributed by atoms with E-state index in [2.05, 4.69) is 15.3 Å². The minimum atomic E-state index is -1.45. The van der Waals surface area contributed by atoms with E-state index in [1.54, 1.807) is 60.7 Å². The number of amides is 1. The van der Waals surface area contributed by atoms with Crippen molar-refractivity contribution in [2.24, 2.45) is 5.11 Å². The molecule has 0 unspecified atom stereocenters. The summed E-state index contributed by atoms with van der Waals surface area (Å²) < 4.78 is 0. The summed E-state index contributed by atoms with van der Waals surface area (Å²) in [5.41, 5.74) is 9.54. The maximum atomic E-state index is 12.3. The van der Waals surface area contributed by atoms with Gasteiger partial charge in [-0.1, -0.05) is 53.6 Å². The Bertz CT molecular complexity index is 726. The van der Waals surface area contributed by atoms with E-state index in [1.165, 1.54) is 0 Å². The average molecular weight is 310 g/mol. The Kier molecular flexibility index (Phi) is 5.33. The Balaban J connectivity index is 2.36. The summed E-state index contributed by atoms with van der Waals surface area (Å²) in [7, 11) is 0. The van der Waals surface area contributed by atoms with E-state index in [4.69, 9.17) is 5.53 Å². The fourth-order valence-electron chi connectivity index (χ4n) is 2.13. The summed E-state index contributed by atoms with van der Waals surface area (Å²) in [6.45, 7) is 0. The Morgan fingerprint density at radius 2 is 1.61 bits per heavy atom. The van der Waals surface area contributed by atoms with E-state index in [0.29, 0.717) is 11.1 Å². The van der Waals surface area contributed by atoms with E-state index in [0.717, 1.165) is 0 Å². The number of rotatable bonds is 6. The molecule has 1 amide bonds. The topological polar surface area (TPSA) is 115 Å². The maximum absolute atomic E-state index is 12.3. The van der Waals surface area contributed by atoms with E-state index >= 15 is 0 Å². The highest BCUT2D eigenvalue weighted by Crippen LogP contribution is 2.21. The van der Waals surface area contributed by atoms with Crippen LogP contribution in [0.15, 0.2) is 65.8 Å². The average Bonchev–Trinajstić information content (AvgIpc) is 2.59. The van der Waals surface area contributed by atoms with Crippen molar-refractivity contribution in [3.63, 3.8) is 0 Å². The van der Waals surface area contributed by atoms with Gasteiger partial charge in [-0.2, -0.15) is 0 Å². The number of benzene rings is 2. The van der Waals surface area contributed by atoms with Gasteiger partial charge in [0.15, 0.2) is 6.04 Å². The molecule has 0 heterocycles. The van der Waals surface area contributed by atoms with E-state index in [9.17, 15) is 14.7 Å². The van der Waals surface area contributed by atoms with Crippen molar-refractivity contribution in [2.45, 2.75) is 12.1 Å². The second-order valence-corrected chi connectivity index (χ2v) is 4.72. The number of carboxylic acid groups (broad SMARTS) is 1. The first-order valence-electron chi connectivity index (χ1n) is 6.81. The van der Waals surface area contributed by atoms with Gasteiger partial charge in [0.2, 0.25) is 0 Å². The molecule has 7 heteroatoms. The number of nitrogens with one attached hydrogen (secondary N) is 1. The van der Waals surface area contributed by atoms with Gasteiger partial charge >= 0.3 is 5.97 Å². The number of hydrogen-bond donors (Lipinski definition) is 2. The number of hydrogen-bond acceptors (Lipinski definition) is 3. The van der Waals surface area contributed by atoms with Gasteiger partial charge in [0, 0.05) is 10.5 Å². The van der Waals surface area contributed by atoms with Crippen molar-refractivity contribution in [2.75, 3.05) is 0 Å². The van der Waals surface area contributed by atoms with Gasteiger partial charge in [0.05, 0.1) is 6.04 Å². The molecule has 0 aliphatic heterocycles. The maximum Gasteiger partial charge on any atom is 0.314 e. The molecule has 0 spiro atoms. The number of carboxylic acids is 1. The molecule has 7 nitrogen and oxygen atoms in total. The Morgan fingerprint density at radius 1 is 1.04 bits per heavy atom. The van der Waals surface area contributed by atoms with Crippen LogP contribution in [0.25, 0.3) is 10.4 Å². The molecule has 0 bridgehead atoms. The Hall–Kier alpha value is -3.31. The molecule has 0 saturated heterocycles. The second-order valence-electron chi connectivity index (χ2n) is 4.72. The second kappa shape index (κ2) is 7.63. The van der Waals surface area contributed by atoms with Crippen LogP contribution in [0.2, 0.25) is 0 Å². The largest absolute Gasteiger partial charge is 0.481 e. The molecule has 2 aromatic carbocycles. The minimum Gasteiger partial charge on any atom is -0.481 e. The van der Waals surface area contributed by atoms with Crippen LogP contribution in [0.5, 0.6) is 0 Å². The van der Waals surface area contributed by atoms with Crippen LogP contribution >= 0.6 is 0 Å². The van der Waals surface area contributed by atoms with Crippen molar-refractivity contribution >= 4 is 11.9 Å². The molecular weight excluding hydrogens is 296 g/mol. The van der Waals surface area contributed by atoms with Crippen molar-refractivity contribution in [3.8, 4) is 0 Å². The van der Waals surface area contributed by atoms with E-state index in [1.807, 2.05) is 0 Å². The summed E-state index contributed by atoms with van der Waals surface area (Å²) in [4.78, 5) is 26.3. The summed E-state index contributed by atoms with van der Waals surface area (Å²) >= 11 is 0. The molecule has 2 aromatic rings. The molecule has 2 rings (SSSR count). The normalized spacial score (nSPS) is 12.5. The summed E-state index contributed by atoms with van der Waals surface area (Å²) in [5, 5.41) is 15.2. The first-order chi connectivity index (χ1) is 11.1. The zero-order chi connectivity index (χ0) is 16.7. The van der Waals surface area contributed by atoms with Crippen LogP contribution in [0.4, 0.5) is 0 Å². The Labute approximate surface area is 132 Å². The van der Waals surface area contributed by atoms with Crippen molar-refractivity contribution in [1.29, 1.82) is 0 Å². The van der Waals surface area contributed by atoms with Gasteiger partial charge in [-0.3, -0.25) is 9.59 Å². The molecule has 0 aliphatic rings. The van der Waals surface area contributed by atoms with Gasteiger partial charge in [-0.25, -0.2) is 0 Å². The highest BCUT2D eigenvalue weighted by molar-refractivity contribution is 5.94. The third-order valence-electron chi connectivity index (χ3n) is 3.23. The highest BCUT2D eigenvalue weighted by atomic mass is 16.4. The summed E-state index contributed by atoms with van der Waals surface area (Å²) in [6.07, 6.45) is 0. The van der Waals surface area contributed by atoms with Crippen LogP contribution in [0.1, 0.15) is 22.0 Å². The molecular formula is C16H14N4O3. The molecule has 0 aromatic heterocycles.